The lowest BCUT2D eigenvalue weighted by Crippen LogP contribution is -2.53. The van der Waals surface area contributed by atoms with Gasteiger partial charge in [-0.1, -0.05) is 13.0 Å². The molecule has 2 rings (SSSR count). The normalized spacial score (nSPS) is 22.5. The van der Waals surface area contributed by atoms with Gasteiger partial charge in [0.05, 0.1) is 0 Å². The third kappa shape index (κ3) is 2.09. The van der Waals surface area contributed by atoms with Gasteiger partial charge in [-0.2, -0.15) is 0 Å². The number of carbonyl (C=O) groups excluding carboxylic acids is 1. The highest BCUT2D eigenvalue weighted by atomic mass is 16.4. The molecule has 5 nitrogen and oxygen atoms in total. The molecule has 1 aliphatic rings. The lowest BCUT2D eigenvalue weighted by molar-refractivity contribution is -0.148. The van der Waals surface area contributed by atoms with Gasteiger partial charge in [0, 0.05) is 12.7 Å². The molecule has 1 unspecified atom stereocenters. The van der Waals surface area contributed by atoms with E-state index in [0.29, 0.717) is 25.1 Å². The first-order chi connectivity index (χ1) is 9.03. The van der Waals surface area contributed by atoms with Crippen molar-refractivity contribution in [3.8, 4) is 0 Å². The van der Waals surface area contributed by atoms with E-state index in [-0.39, 0.29) is 5.91 Å². The van der Waals surface area contributed by atoms with E-state index in [9.17, 15) is 14.7 Å². The molecule has 1 aromatic rings. The highest BCUT2D eigenvalue weighted by Crippen LogP contribution is 2.34. The van der Waals surface area contributed by atoms with Crippen LogP contribution < -0.4 is 0 Å². The smallest absolute Gasteiger partial charge is 0.329 e. The van der Waals surface area contributed by atoms with Crippen molar-refractivity contribution >= 4 is 11.9 Å². The summed E-state index contributed by atoms with van der Waals surface area (Å²) in [6, 6.07) is 3.57. The molecule has 1 aromatic heterocycles. The first-order valence-electron chi connectivity index (χ1n) is 6.50. The van der Waals surface area contributed by atoms with Gasteiger partial charge in [0.2, 0.25) is 0 Å². The highest BCUT2D eigenvalue weighted by molar-refractivity contribution is 5.97. The number of rotatable bonds is 3. The highest BCUT2D eigenvalue weighted by Gasteiger charge is 2.49. The molecule has 0 aromatic carbocycles. The molecular formula is C14H18N2O3. The van der Waals surface area contributed by atoms with Gasteiger partial charge in [-0.25, -0.2) is 4.79 Å². The van der Waals surface area contributed by atoms with Gasteiger partial charge >= 0.3 is 5.97 Å². The van der Waals surface area contributed by atoms with Crippen LogP contribution in [-0.2, 0) is 4.79 Å². The van der Waals surface area contributed by atoms with Crippen LogP contribution in [0.5, 0.6) is 0 Å². The van der Waals surface area contributed by atoms with Crippen LogP contribution in [0.25, 0.3) is 0 Å². The second-order valence-electron chi connectivity index (χ2n) is 4.92. The summed E-state index contributed by atoms with van der Waals surface area (Å²) in [7, 11) is 0. The van der Waals surface area contributed by atoms with Crippen LogP contribution in [-0.4, -0.2) is 39.0 Å². The largest absolute Gasteiger partial charge is 0.479 e. The van der Waals surface area contributed by atoms with Crippen LogP contribution in [0, 0.1) is 6.92 Å². The SMILES string of the molecule is CCC1(C(=O)O)CCCN1C(=O)c1ncccc1C. The Morgan fingerprint density at radius 2 is 2.26 bits per heavy atom. The molecular weight excluding hydrogens is 244 g/mol. The van der Waals surface area contributed by atoms with Gasteiger partial charge in [0.1, 0.15) is 11.2 Å². The Labute approximate surface area is 112 Å². The number of pyridine rings is 1. The number of hydrogen-bond donors (Lipinski definition) is 1. The van der Waals surface area contributed by atoms with Crippen molar-refractivity contribution in [1.82, 2.24) is 9.88 Å². The fourth-order valence-electron chi connectivity index (χ4n) is 2.75. The van der Waals surface area contributed by atoms with Crippen LogP contribution in [0.1, 0.15) is 42.2 Å². The average Bonchev–Trinajstić information content (AvgIpc) is 2.83. The third-order valence-corrected chi connectivity index (χ3v) is 3.93. The lowest BCUT2D eigenvalue weighted by atomic mass is 9.92. The fraction of sp³-hybridized carbons (Fsp3) is 0.500. The molecule has 102 valence electrons. The van der Waals surface area contributed by atoms with Crippen molar-refractivity contribution < 1.29 is 14.7 Å². The molecule has 1 atom stereocenters. The molecule has 2 heterocycles. The molecule has 0 spiro atoms. The minimum atomic E-state index is -1.07. The van der Waals surface area contributed by atoms with E-state index in [1.54, 1.807) is 12.3 Å². The zero-order valence-corrected chi connectivity index (χ0v) is 11.2. The number of aromatic nitrogens is 1. The molecule has 1 aliphatic heterocycles. The molecule has 1 fully saturated rings. The maximum absolute atomic E-state index is 12.5. The molecule has 0 saturated carbocycles. The molecule has 1 saturated heterocycles. The van der Waals surface area contributed by atoms with Gasteiger partial charge < -0.3 is 10.0 Å². The van der Waals surface area contributed by atoms with E-state index in [2.05, 4.69) is 4.98 Å². The summed E-state index contributed by atoms with van der Waals surface area (Å²) < 4.78 is 0. The lowest BCUT2D eigenvalue weighted by Gasteiger charge is -2.33. The molecule has 1 amide bonds. The number of nitrogens with zero attached hydrogens (tertiary/aromatic N) is 2. The summed E-state index contributed by atoms with van der Waals surface area (Å²) in [4.78, 5) is 29.7. The van der Waals surface area contributed by atoms with E-state index in [1.165, 1.54) is 4.90 Å². The zero-order chi connectivity index (χ0) is 14.0. The Morgan fingerprint density at radius 3 is 2.84 bits per heavy atom. The van der Waals surface area contributed by atoms with E-state index in [4.69, 9.17) is 0 Å². The summed E-state index contributed by atoms with van der Waals surface area (Å²) in [6.07, 6.45) is 3.21. The van der Waals surface area contributed by atoms with Crippen molar-refractivity contribution in [2.75, 3.05) is 6.54 Å². The fourth-order valence-corrected chi connectivity index (χ4v) is 2.75. The van der Waals surface area contributed by atoms with Gasteiger partial charge in [0.15, 0.2) is 0 Å². The summed E-state index contributed by atoms with van der Waals surface area (Å²) in [5, 5.41) is 9.48. The summed E-state index contributed by atoms with van der Waals surface area (Å²) in [5.41, 5.74) is 0.0550. The minimum absolute atomic E-state index is 0.278. The molecule has 0 radical (unpaired) electrons. The minimum Gasteiger partial charge on any atom is -0.479 e. The van der Waals surface area contributed by atoms with Crippen molar-refractivity contribution in [3.05, 3.63) is 29.6 Å². The number of carbonyl (C=O) groups is 2. The number of carboxylic acid groups (broad SMARTS) is 1. The van der Waals surface area contributed by atoms with E-state index in [1.807, 2.05) is 19.9 Å². The van der Waals surface area contributed by atoms with E-state index in [0.717, 1.165) is 12.0 Å². The Bertz CT molecular complexity index is 515. The van der Waals surface area contributed by atoms with Gasteiger partial charge in [-0.05, 0) is 37.8 Å². The monoisotopic (exact) mass is 262 g/mol. The maximum atomic E-state index is 12.5. The standard InChI is InChI=1S/C14H18N2O3/c1-3-14(13(18)19)7-5-9-16(14)12(17)11-10(2)6-4-8-15-11/h4,6,8H,3,5,7,9H2,1-2H3,(H,18,19). The topological polar surface area (TPSA) is 70.5 Å². The third-order valence-electron chi connectivity index (χ3n) is 3.93. The number of aryl methyl sites for hydroxylation is 1. The van der Waals surface area contributed by atoms with Crippen molar-refractivity contribution in [3.63, 3.8) is 0 Å². The Balaban J connectivity index is 2.38. The van der Waals surface area contributed by atoms with Gasteiger partial charge in [-0.15, -0.1) is 0 Å². The predicted octanol–water partition coefficient (Wildman–Crippen LogP) is 1.86. The van der Waals surface area contributed by atoms with Gasteiger partial charge in [0.25, 0.3) is 5.91 Å². The molecule has 1 N–H and O–H groups in total. The van der Waals surface area contributed by atoms with Crippen molar-refractivity contribution in [2.24, 2.45) is 0 Å². The average molecular weight is 262 g/mol. The number of likely N-dealkylation sites (tertiary alicyclic amines) is 1. The van der Waals surface area contributed by atoms with E-state index < -0.39 is 11.5 Å². The van der Waals surface area contributed by atoms with E-state index >= 15 is 0 Å². The quantitative estimate of drug-likeness (QED) is 0.902. The molecule has 0 bridgehead atoms. The summed E-state index contributed by atoms with van der Waals surface area (Å²) in [5.74, 6) is -1.20. The first kappa shape index (κ1) is 13.5. The zero-order valence-electron chi connectivity index (χ0n) is 11.2. The molecule has 0 aliphatic carbocycles. The Kier molecular flexibility index (Phi) is 3.55. The second kappa shape index (κ2) is 4.99. The van der Waals surface area contributed by atoms with Crippen LogP contribution in [0.15, 0.2) is 18.3 Å². The summed E-state index contributed by atoms with van der Waals surface area (Å²) in [6.45, 7) is 4.10. The van der Waals surface area contributed by atoms with Crippen molar-refractivity contribution in [1.29, 1.82) is 0 Å². The number of hydrogen-bond acceptors (Lipinski definition) is 3. The summed E-state index contributed by atoms with van der Waals surface area (Å²) >= 11 is 0. The predicted molar refractivity (Wildman–Crippen MR) is 69.9 cm³/mol. The number of carboxylic acids is 1. The number of amides is 1. The van der Waals surface area contributed by atoms with Crippen LogP contribution in [0.4, 0.5) is 0 Å². The van der Waals surface area contributed by atoms with Gasteiger partial charge in [-0.3, -0.25) is 9.78 Å². The Hall–Kier alpha value is -1.91. The maximum Gasteiger partial charge on any atom is 0.329 e. The van der Waals surface area contributed by atoms with Crippen molar-refractivity contribution in [2.45, 2.75) is 38.6 Å². The number of aliphatic carboxylic acids is 1. The molecule has 19 heavy (non-hydrogen) atoms. The Morgan fingerprint density at radius 1 is 1.53 bits per heavy atom. The van der Waals surface area contributed by atoms with Crippen LogP contribution in [0.3, 0.4) is 0 Å². The molecule has 5 heteroatoms. The second-order valence-corrected chi connectivity index (χ2v) is 4.92. The first-order valence-corrected chi connectivity index (χ1v) is 6.50. The van der Waals surface area contributed by atoms with Crippen LogP contribution in [0.2, 0.25) is 0 Å². The van der Waals surface area contributed by atoms with Crippen LogP contribution >= 0.6 is 0 Å².